The average Bonchev–Trinajstić information content (AvgIpc) is 2.77. The summed E-state index contributed by atoms with van der Waals surface area (Å²) in [6.07, 6.45) is 0. The van der Waals surface area contributed by atoms with E-state index in [1.54, 1.807) is 18.2 Å². The fourth-order valence-corrected chi connectivity index (χ4v) is 3.15. The van der Waals surface area contributed by atoms with Crippen LogP contribution in [0, 0.1) is 6.92 Å². The fourth-order valence-electron chi connectivity index (χ4n) is 1.23. The predicted molar refractivity (Wildman–Crippen MR) is 80.5 cm³/mol. The third-order valence-corrected chi connectivity index (χ3v) is 4.75. The van der Waals surface area contributed by atoms with Crippen LogP contribution in [-0.4, -0.2) is 21.9 Å². The lowest BCUT2D eigenvalue weighted by atomic mass is 10.3. The van der Waals surface area contributed by atoms with Crippen molar-refractivity contribution in [2.75, 3.05) is 11.1 Å². The number of nitrogens with one attached hydrogen (secondary N) is 1. The molecule has 0 atom stereocenters. The summed E-state index contributed by atoms with van der Waals surface area (Å²) in [5.74, 6) is 0.144. The van der Waals surface area contributed by atoms with Crippen molar-refractivity contribution in [2.45, 2.75) is 11.3 Å². The normalized spacial score (nSPS) is 10.5. The molecule has 0 radical (unpaired) electrons. The Balaban J connectivity index is 1.88. The largest absolute Gasteiger partial charge is 0.325 e. The third kappa shape index (κ3) is 4.35. The Morgan fingerprint density at radius 1 is 1.37 bits per heavy atom. The number of thioether (sulfide) groups is 1. The van der Waals surface area contributed by atoms with Crippen molar-refractivity contribution in [2.24, 2.45) is 0 Å². The number of hydrogen-bond donors (Lipinski definition) is 1. The molecule has 0 spiro atoms. The smallest absolute Gasteiger partial charge is 0.234 e. The molecule has 100 valence electrons. The van der Waals surface area contributed by atoms with Crippen LogP contribution in [0.5, 0.6) is 0 Å². The number of aromatic nitrogens is 2. The molecule has 0 saturated heterocycles. The van der Waals surface area contributed by atoms with Crippen LogP contribution < -0.4 is 5.32 Å². The molecule has 0 saturated carbocycles. The first-order valence-corrected chi connectivity index (χ1v) is 7.78. The van der Waals surface area contributed by atoms with Crippen molar-refractivity contribution in [3.05, 3.63) is 33.3 Å². The number of carbonyl (C=O) groups is 1. The van der Waals surface area contributed by atoms with Crippen molar-refractivity contribution >= 4 is 57.9 Å². The Morgan fingerprint density at radius 3 is 2.79 bits per heavy atom. The highest BCUT2D eigenvalue weighted by Crippen LogP contribution is 2.26. The molecule has 1 aromatic heterocycles. The molecule has 1 amide bonds. The first-order valence-electron chi connectivity index (χ1n) is 5.22. The average molecular weight is 334 g/mol. The highest BCUT2D eigenvalue weighted by molar-refractivity contribution is 8.01. The van der Waals surface area contributed by atoms with Gasteiger partial charge in [-0.2, -0.15) is 0 Å². The highest BCUT2D eigenvalue weighted by Gasteiger charge is 2.08. The number of halogens is 2. The van der Waals surface area contributed by atoms with Crippen LogP contribution in [0.3, 0.4) is 0 Å². The molecule has 0 aliphatic carbocycles. The van der Waals surface area contributed by atoms with Gasteiger partial charge in [0.05, 0.1) is 15.8 Å². The number of anilines is 1. The molecule has 2 aromatic rings. The quantitative estimate of drug-likeness (QED) is 0.862. The predicted octanol–water partition coefficient (Wildman–Crippen LogP) is 3.88. The summed E-state index contributed by atoms with van der Waals surface area (Å²) in [5.41, 5.74) is 0.619. The monoisotopic (exact) mass is 333 g/mol. The zero-order chi connectivity index (χ0) is 13.8. The van der Waals surface area contributed by atoms with Gasteiger partial charge < -0.3 is 5.32 Å². The van der Waals surface area contributed by atoms with E-state index in [0.717, 1.165) is 9.35 Å². The van der Waals surface area contributed by atoms with Crippen LogP contribution in [0.4, 0.5) is 5.69 Å². The van der Waals surface area contributed by atoms with E-state index >= 15 is 0 Å². The molecule has 0 bridgehead atoms. The van der Waals surface area contributed by atoms with Crippen LogP contribution in [0.2, 0.25) is 10.0 Å². The fraction of sp³-hybridized carbons (Fsp3) is 0.182. The van der Waals surface area contributed by atoms with E-state index in [1.807, 2.05) is 6.92 Å². The van der Waals surface area contributed by atoms with Crippen LogP contribution in [0.1, 0.15) is 5.01 Å². The second kappa shape index (κ2) is 6.56. The summed E-state index contributed by atoms with van der Waals surface area (Å²) in [6.45, 7) is 1.87. The Labute approximate surface area is 128 Å². The van der Waals surface area contributed by atoms with Gasteiger partial charge in [0.2, 0.25) is 5.91 Å². The van der Waals surface area contributed by atoms with E-state index in [1.165, 1.54) is 23.1 Å². The molecule has 0 unspecified atom stereocenters. The lowest BCUT2D eigenvalue weighted by molar-refractivity contribution is -0.113. The minimum Gasteiger partial charge on any atom is -0.325 e. The zero-order valence-electron chi connectivity index (χ0n) is 9.81. The van der Waals surface area contributed by atoms with Crippen molar-refractivity contribution in [3.8, 4) is 0 Å². The summed E-state index contributed by atoms with van der Waals surface area (Å²) in [4.78, 5) is 11.7. The molecule has 1 aromatic carbocycles. The second-order valence-corrected chi connectivity index (χ2v) is 6.77. The Kier molecular flexibility index (Phi) is 5.04. The van der Waals surface area contributed by atoms with E-state index in [4.69, 9.17) is 23.2 Å². The van der Waals surface area contributed by atoms with Gasteiger partial charge >= 0.3 is 0 Å². The van der Waals surface area contributed by atoms with Gasteiger partial charge in [0.25, 0.3) is 0 Å². The Morgan fingerprint density at radius 2 is 2.16 bits per heavy atom. The number of benzene rings is 1. The molecule has 2 rings (SSSR count). The van der Waals surface area contributed by atoms with E-state index in [0.29, 0.717) is 15.7 Å². The first-order chi connectivity index (χ1) is 9.04. The van der Waals surface area contributed by atoms with E-state index in [9.17, 15) is 4.79 Å². The molecule has 8 heteroatoms. The summed E-state index contributed by atoms with van der Waals surface area (Å²) in [6, 6.07) is 4.95. The lowest BCUT2D eigenvalue weighted by Crippen LogP contribution is -2.13. The van der Waals surface area contributed by atoms with Crippen LogP contribution in [0.25, 0.3) is 0 Å². The van der Waals surface area contributed by atoms with Gasteiger partial charge in [-0.3, -0.25) is 4.79 Å². The van der Waals surface area contributed by atoms with E-state index in [-0.39, 0.29) is 11.7 Å². The Hall–Kier alpha value is -0.820. The molecular weight excluding hydrogens is 325 g/mol. The van der Waals surface area contributed by atoms with Crippen molar-refractivity contribution in [1.29, 1.82) is 0 Å². The SMILES string of the molecule is Cc1nnc(SCC(=O)Nc2ccc(Cl)c(Cl)c2)s1. The minimum absolute atomic E-state index is 0.128. The van der Waals surface area contributed by atoms with Gasteiger partial charge in [-0.1, -0.05) is 46.3 Å². The maximum atomic E-state index is 11.7. The van der Waals surface area contributed by atoms with Gasteiger partial charge in [0.1, 0.15) is 5.01 Å². The summed E-state index contributed by atoms with van der Waals surface area (Å²) in [7, 11) is 0. The number of hydrogen-bond acceptors (Lipinski definition) is 5. The summed E-state index contributed by atoms with van der Waals surface area (Å²) in [5, 5.41) is 12.3. The summed E-state index contributed by atoms with van der Waals surface area (Å²) >= 11 is 14.5. The van der Waals surface area contributed by atoms with Crippen LogP contribution in [0.15, 0.2) is 22.5 Å². The molecule has 1 N–H and O–H groups in total. The number of carbonyl (C=O) groups excluding carboxylic acids is 1. The molecule has 0 fully saturated rings. The van der Waals surface area contributed by atoms with Gasteiger partial charge in [-0.05, 0) is 25.1 Å². The van der Waals surface area contributed by atoms with Crippen molar-refractivity contribution in [3.63, 3.8) is 0 Å². The number of amides is 1. The second-order valence-electron chi connectivity index (χ2n) is 3.55. The maximum absolute atomic E-state index is 11.7. The summed E-state index contributed by atoms with van der Waals surface area (Å²) < 4.78 is 0.779. The van der Waals surface area contributed by atoms with Crippen LogP contribution in [-0.2, 0) is 4.79 Å². The zero-order valence-corrected chi connectivity index (χ0v) is 13.0. The first kappa shape index (κ1) is 14.6. The van der Waals surface area contributed by atoms with E-state index < -0.39 is 0 Å². The Bertz CT molecular complexity index is 603. The molecule has 4 nitrogen and oxygen atoms in total. The lowest BCUT2D eigenvalue weighted by Gasteiger charge is -2.05. The van der Waals surface area contributed by atoms with E-state index in [2.05, 4.69) is 15.5 Å². The molecule has 0 aliphatic rings. The molecular formula is C11H9Cl2N3OS2. The van der Waals surface area contributed by atoms with Gasteiger partial charge in [0.15, 0.2) is 4.34 Å². The molecule has 0 aliphatic heterocycles. The highest BCUT2D eigenvalue weighted by atomic mass is 35.5. The van der Waals surface area contributed by atoms with Crippen molar-refractivity contribution in [1.82, 2.24) is 10.2 Å². The standard InChI is InChI=1S/C11H9Cl2N3OS2/c1-6-15-16-11(19-6)18-5-10(17)14-7-2-3-8(12)9(13)4-7/h2-4H,5H2,1H3,(H,14,17). The van der Waals surface area contributed by atoms with Gasteiger partial charge in [0, 0.05) is 5.69 Å². The number of nitrogens with zero attached hydrogens (tertiary/aromatic N) is 2. The number of aryl methyl sites for hydroxylation is 1. The van der Waals surface area contributed by atoms with Gasteiger partial charge in [-0.15, -0.1) is 10.2 Å². The van der Waals surface area contributed by atoms with Crippen LogP contribution >= 0.6 is 46.3 Å². The van der Waals surface area contributed by atoms with Crippen molar-refractivity contribution < 1.29 is 4.79 Å². The molecule has 19 heavy (non-hydrogen) atoms. The third-order valence-electron chi connectivity index (χ3n) is 2.04. The maximum Gasteiger partial charge on any atom is 0.234 e. The molecule has 1 heterocycles. The minimum atomic E-state index is -0.128. The number of rotatable bonds is 4. The topological polar surface area (TPSA) is 54.9 Å². The van der Waals surface area contributed by atoms with Gasteiger partial charge in [-0.25, -0.2) is 0 Å².